The van der Waals surface area contributed by atoms with Crippen LogP contribution in [0.1, 0.15) is 28.8 Å². The number of rotatable bonds is 6. The Morgan fingerprint density at radius 1 is 1.06 bits per heavy atom. The quantitative estimate of drug-likeness (QED) is 0.567. The number of benzene rings is 2. The van der Waals surface area contributed by atoms with Gasteiger partial charge in [-0.25, -0.2) is 0 Å². The number of likely N-dealkylation sites (tertiary alicyclic amines) is 1. The molecule has 0 atom stereocenters. The van der Waals surface area contributed by atoms with E-state index in [0.717, 1.165) is 38.2 Å². The van der Waals surface area contributed by atoms with E-state index < -0.39 is 4.92 Å². The number of morpholine rings is 1. The molecule has 2 aliphatic heterocycles. The third kappa shape index (κ3) is 5.39. The van der Waals surface area contributed by atoms with Gasteiger partial charge in [-0.2, -0.15) is 0 Å². The molecule has 1 amide bonds. The van der Waals surface area contributed by atoms with Crippen LogP contribution < -0.4 is 10.2 Å². The lowest BCUT2D eigenvalue weighted by atomic mass is 10.0. The Morgan fingerprint density at radius 3 is 2.45 bits per heavy atom. The lowest BCUT2D eigenvalue weighted by molar-refractivity contribution is -0.384. The number of hydrogen-bond donors (Lipinski definition) is 1. The molecule has 164 valence electrons. The number of amides is 1. The van der Waals surface area contributed by atoms with Gasteiger partial charge in [0.1, 0.15) is 0 Å². The molecule has 1 N–H and O–H groups in total. The van der Waals surface area contributed by atoms with Gasteiger partial charge in [0.05, 0.1) is 29.4 Å². The molecule has 0 bridgehead atoms. The lowest BCUT2D eigenvalue weighted by Gasteiger charge is -2.33. The number of carbonyl (C=O) groups excluding carboxylic acids is 1. The lowest BCUT2D eigenvalue weighted by Crippen LogP contribution is -2.45. The zero-order valence-electron chi connectivity index (χ0n) is 17.5. The van der Waals surface area contributed by atoms with Gasteiger partial charge in [-0.05, 0) is 24.5 Å². The second-order valence-corrected chi connectivity index (χ2v) is 8.07. The van der Waals surface area contributed by atoms with E-state index in [2.05, 4.69) is 27.2 Å². The van der Waals surface area contributed by atoms with Crippen molar-refractivity contribution >= 4 is 17.3 Å². The second kappa shape index (κ2) is 9.89. The Balaban J connectivity index is 1.41. The van der Waals surface area contributed by atoms with Crippen molar-refractivity contribution in [3.05, 3.63) is 69.8 Å². The summed E-state index contributed by atoms with van der Waals surface area (Å²) < 4.78 is 5.40. The number of nitro benzene ring substituents is 1. The second-order valence-electron chi connectivity index (χ2n) is 8.07. The Labute approximate surface area is 181 Å². The molecule has 31 heavy (non-hydrogen) atoms. The van der Waals surface area contributed by atoms with Crippen molar-refractivity contribution in [2.24, 2.45) is 0 Å². The molecule has 2 fully saturated rings. The maximum atomic E-state index is 13.1. The number of hydrogen-bond acceptors (Lipinski definition) is 6. The molecular formula is C23H28N4O4. The maximum absolute atomic E-state index is 13.1. The van der Waals surface area contributed by atoms with Crippen molar-refractivity contribution in [2.45, 2.75) is 25.4 Å². The summed E-state index contributed by atoms with van der Waals surface area (Å²) in [6, 6.07) is 15.0. The van der Waals surface area contributed by atoms with Gasteiger partial charge < -0.3 is 15.0 Å². The van der Waals surface area contributed by atoms with E-state index in [1.807, 2.05) is 18.2 Å². The number of non-ortho nitro benzene ring substituents is 1. The topological polar surface area (TPSA) is 88.0 Å². The standard InChI is InChI=1S/C23H28N4O4/c28-23(24-19-8-10-25(11-9-19)17-18-4-2-1-3-5-18)21-16-20(27(29)30)6-7-22(21)26-12-14-31-15-13-26/h1-7,16,19H,8-15,17H2,(H,24,28). The zero-order valence-corrected chi connectivity index (χ0v) is 17.5. The first kappa shape index (κ1) is 21.3. The highest BCUT2D eigenvalue weighted by Crippen LogP contribution is 2.27. The number of piperidine rings is 1. The minimum atomic E-state index is -0.456. The van der Waals surface area contributed by atoms with Gasteiger partial charge in [-0.3, -0.25) is 19.8 Å². The number of nitro groups is 1. The normalized spacial score (nSPS) is 18.0. The van der Waals surface area contributed by atoms with Gasteiger partial charge in [0.2, 0.25) is 0 Å². The van der Waals surface area contributed by atoms with E-state index in [1.54, 1.807) is 6.07 Å². The van der Waals surface area contributed by atoms with Crippen LogP contribution in [-0.2, 0) is 11.3 Å². The first-order chi connectivity index (χ1) is 15.1. The van der Waals surface area contributed by atoms with Gasteiger partial charge in [0.25, 0.3) is 11.6 Å². The largest absolute Gasteiger partial charge is 0.378 e. The molecule has 2 aromatic carbocycles. The summed E-state index contributed by atoms with van der Waals surface area (Å²) in [6.45, 7) is 5.21. The van der Waals surface area contributed by atoms with Crippen LogP contribution in [0.2, 0.25) is 0 Å². The fourth-order valence-electron chi connectivity index (χ4n) is 4.24. The van der Waals surface area contributed by atoms with Crippen molar-refractivity contribution in [1.29, 1.82) is 0 Å². The average molecular weight is 425 g/mol. The Morgan fingerprint density at radius 2 is 1.77 bits per heavy atom. The Kier molecular flexibility index (Phi) is 6.79. The van der Waals surface area contributed by atoms with Crippen molar-refractivity contribution in [1.82, 2.24) is 10.2 Å². The van der Waals surface area contributed by atoms with E-state index in [4.69, 9.17) is 4.74 Å². The first-order valence-corrected chi connectivity index (χ1v) is 10.8. The summed E-state index contributed by atoms with van der Waals surface area (Å²) >= 11 is 0. The number of anilines is 1. The number of nitrogens with one attached hydrogen (secondary N) is 1. The smallest absolute Gasteiger partial charge is 0.270 e. The molecule has 8 heteroatoms. The summed E-state index contributed by atoms with van der Waals surface area (Å²) in [5.41, 5.74) is 2.31. The van der Waals surface area contributed by atoms with Crippen LogP contribution in [0.25, 0.3) is 0 Å². The van der Waals surface area contributed by atoms with Gasteiger partial charge in [0, 0.05) is 50.9 Å². The highest BCUT2D eigenvalue weighted by molar-refractivity contribution is 6.00. The maximum Gasteiger partial charge on any atom is 0.270 e. The van der Waals surface area contributed by atoms with E-state index in [9.17, 15) is 14.9 Å². The molecule has 0 radical (unpaired) electrons. The van der Waals surface area contributed by atoms with Crippen LogP contribution >= 0.6 is 0 Å². The van der Waals surface area contributed by atoms with Crippen LogP contribution in [0.15, 0.2) is 48.5 Å². The van der Waals surface area contributed by atoms with Gasteiger partial charge >= 0.3 is 0 Å². The number of ether oxygens (including phenoxy) is 1. The molecule has 0 aliphatic carbocycles. The molecule has 2 heterocycles. The Hall–Kier alpha value is -2.97. The van der Waals surface area contributed by atoms with E-state index in [1.165, 1.54) is 17.7 Å². The highest BCUT2D eigenvalue weighted by atomic mass is 16.6. The molecular weight excluding hydrogens is 396 g/mol. The fraction of sp³-hybridized carbons (Fsp3) is 0.435. The molecule has 8 nitrogen and oxygen atoms in total. The Bertz CT molecular complexity index is 907. The van der Waals surface area contributed by atoms with Crippen LogP contribution in [0.3, 0.4) is 0 Å². The molecule has 2 aromatic rings. The van der Waals surface area contributed by atoms with Gasteiger partial charge in [0.15, 0.2) is 0 Å². The van der Waals surface area contributed by atoms with E-state index in [0.29, 0.717) is 31.9 Å². The molecule has 4 rings (SSSR count). The van der Waals surface area contributed by atoms with Crippen molar-refractivity contribution in [3.8, 4) is 0 Å². The van der Waals surface area contributed by atoms with E-state index >= 15 is 0 Å². The van der Waals surface area contributed by atoms with Crippen LogP contribution in [0, 0.1) is 10.1 Å². The van der Waals surface area contributed by atoms with Crippen molar-refractivity contribution < 1.29 is 14.5 Å². The van der Waals surface area contributed by atoms with Crippen molar-refractivity contribution in [2.75, 3.05) is 44.3 Å². The summed E-state index contributed by atoms with van der Waals surface area (Å²) in [5, 5.41) is 14.4. The minimum absolute atomic E-state index is 0.0660. The first-order valence-electron chi connectivity index (χ1n) is 10.8. The highest BCUT2D eigenvalue weighted by Gasteiger charge is 2.25. The minimum Gasteiger partial charge on any atom is -0.378 e. The SMILES string of the molecule is O=C(NC1CCN(Cc2ccccc2)CC1)c1cc([N+](=O)[O-])ccc1N1CCOCC1. The monoisotopic (exact) mass is 424 g/mol. The molecule has 0 unspecified atom stereocenters. The summed E-state index contributed by atoms with van der Waals surface area (Å²) in [5.74, 6) is -0.244. The zero-order chi connectivity index (χ0) is 21.6. The number of carbonyl (C=O) groups is 1. The number of nitrogens with zero attached hydrogens (tertiary/aromatic N) is 3. The van der Waals surface area contributed by atoms with Crippen molar-refractivity contribution in [3.63, 3.8) is 0 Å². The molecule has 0 spiro atoms. The van der Waals surface area contributed by atoms with Crippen LogP contribution in [0.5, 0.6) is 0 Å². The molecule has 2 aliphatic rings. The van der Waals surface area contributed by atoms with Gasteiger partial charge in [-0.15, -0.1) is 0 Å². The third-order valence-electron chi connectivity index (χ3n) is 5.96. The van der Waals surface area contributed by atoms with Crippen LogP contribution in [0.4, 0.5) is 11.4 Å². The summed E-state index contributed by atoms with van der Waals surface area (Å²) in [7, 11) is 0. The fourth-order valence-corrected chi connectivity index (χ4v) is 4.24. The molecule has 0 saturated carbocycles. The van der Waals surface area contributed by atoms with E-state index in [-0.39, 0.29) is 17.6 Å². The predicted octanol–water partition coefficient (Wildman–Crippen LogP) is 2.83. The molecule has 0 aromatic heterocycles. The molecule has 2 saturated heterocycles. The summed E-state index contributed by atoms with van der Waals surface area (Å²) in [4.78, 5) is 28.4. The van der Waals surface area contributed by atoms with Crippen LogP contribution in [-0.4, -0.2) is 61.2 Å². The summed E-state index contributed by atoms with van der Waals surface area (Å²) in [6.07, 6.45) is 1.72. The third-order valence-corrected chi connectivity index (χ3v) is 5.96. The predicted molar refractivity (Wildman–Crippen MR) is 118 cm³/mol. The average Bonchev–Trinajstić information content (AvgIpc) is 2.81. The van der Waals surface area contributed by atoms with Gasteiger partial charge in [-0.1, -0.05) is 30.3 Å².